The molecule has 0 spiro atoms. The van der Waals surface area contributed by atoms with E-state index in [2.05, 4.69) is 22.6 Å². The largest absolute Gasteiger partial charge is 0.573 e. The quantitative estimate of drug-likeness (QED) is 0.186. The zero-order valence-electron chi connectivity index (χ0n) is 28.8. The number of carboxylic acids is 1. The molecule has 0 bridgehead atoms. The number of alkyl halides is 3. The van der Waals surface area contributed by atoms with Crippen molar-refractivity contribution in [1.29, 1.82) is 0 Å². The number of likely N-dealkylation sites (tertiary alicyclic amines) is 1. The predicted molar refractivity (Wildman–Crippen MR) is 194 cm³/mol. The Morgan fingerprint density at radius 3 is 2.26 bits per heavy atom. The number of aliphatic carboxylic acids is 1. The van der Waals surface area contributed by atoms with Crippen LogP contribution in [0.4, 0.5) is 17.6 Å². The van der Waals surface area contributed by atoms with Crippen molar-refractivity contribution in [2.75, 3.05) is 26.7 Å². The maximum absolute atomic E-state index is 14.3. The second-order valence-corrected chi connectivity index (χ2v) is 13.6. The van der Waals surface area contributed by atoms with Gasteiger partial charge in [-0.15, -0.1) is 50.4 Å². The van der Waals surface area contributed by atoms with Crippen LogP contribution in [0.2, 0.25) is 0 Å². The van der Waals surface area contributed by atoms with Gasteiger partial charge in [-0.25, -0.2) is 4.39 Å². The monoisotopic (exact) mass is 766 g/mol. The van der Waals surface area contributed by atoms with Crippen molar-refractivity contribution in [3.8, 4) is 5.75 Å². The summed E-state index contributed by atoms with van der Waals surface area (Å²) in [6.45, 7) is 9.40. The minimum absolute atomic E-state index is 0. The van der Waals surface area contributed by atoms with Crippen LogP contribution < -0.4 is 4.74 Å². The van der Waals surface area contributed by atoms with Gasteiger partial charge in [-0.1, -0.05) is 38.1 Å². The van der Waals surface area contributed by atoms with Gasteiger partial charge in [0, 0.05) is 37.2 Å². The van der Waals surface area contributed by atoms with E-state index in [1.165, 1.54) is 23.9 Å². The Labute approximate surface area is 311 Å². The molecule has 2 aliphatic rings. The molecule has 0 amide bonds. The zero-order valence-corrected chi connectivity index (χ0v) is 31.3. The van der Waals surface area contributed by atoms with Crippen LogP contribution in [0.5, 0.6) is 5.75 Å². The van der Waals surface area contributed by atoms with Gasteiger partial charge in [0.2, 0.25) is 0 Å². The van der Waals surface area contributed by atoms with Gasteiger partial charge in [0.05, 0.1) is 5.69 Å². The number of rotatable bonds is 12. The van der Waals surface area contributed by atoms with E-state index in [0.717, 1.165) is 68.7 Å². The lowest BCUT2D eigenvalue weighted by atomic mass is 9.87. The number of aryl methyl sites for hydroxylation is 1. The highest BCUT2D eigenvalue weighted by Crippen LogP contribution is 2.44. The predicted octanol–water partition coefficient (Wildman–Crippen LogP) is 8.58. The van der Waals surface area contributed by atoms with Crippen LogP contribution in [0.15, 0.2) is 54.6 Å². The fourth-order valence-corrected chi connectivity index (χ4v) is 7.85. The van der Waals surface area contributed by atoms with Crippen molar-refractivity contribution in [1.82, 2.24) is 19.6 Å². The van der Waals surface area contributed by atoms with Crippen molar-refractivity contribution in [3.63, 3.8) is 0 Å². The highest BCUT2D eigenvalue weighted by Gasteiger charge is 2.42. The van der Waals surface area contributed by atoms with Crippen molar-refractivity contribution in [3.05, 3.63) is 82.9 Å². The van der Waals surface area contributed by atoms with Gasteiger partial charge in [-0.05, 0) is 112 Å². The van der Waals surface area contributed by atoms with Gasteiger partial charge in [0.1, 0.15) is 17.6 Å². The summed E-state index contributed by atoms with van der Waals surface area (Å²) >= 11 is 0. The molecule has 1 saturated carbocycles. The molecule has 5 rings (SSSR count). The highest BCUT2D eigenvalue weighted by atomic mass is 35.5. The molecule has 7 nitrogen and oxygen atoms in total. The number of hydrogen-bond acceptors (Lipinski definition) is 5. The molecule has 0 radical (unpaired) electrons. The van der Waals surface area contributed by atoms with Crippen LogP contribution in [-0.2, 0) is 17.8 Å². The molecule has 14 heteroatoms. The van der Waals surface area contributed by atoms with E-state index >= 15 is 0 Å². The summed E-state index contributed by atoms with van der Waals surface area (Å²) < 4.78 is 57.9. The number of aromatic nitrogens is 2. The average molecular weight is 768 g/mol. The van der Waals surface area contributed by atoms with Crippen LogP contribution in [-0.4, -0.2) is 75.8 Å². The Bertz CT molecular complexity index is 1500. The van der Waals surface area contributed by atoms with E-state index in [-0.39, 0.29) is 72.6 Å². The zero-order chi connectivity index (χ0) is 33.9. The summed E-state index contributed by atoms with van der Waals surface area (Å²) in [6.07, 6.45) is -0.585. The molecule has 2 heterocycles. The van der Waals surface area contributed by atoms with E-state index in [9.17, 15) is 27.5 Å². The summed E-state index contributed by atoms with van der Waals surface area (Å²) in [5, 5.41) is 14.8. The number of benzene rings is 2. The smallest absolute Gasteiger partial charge is 0.480 e. The minimum atomic E-state index is -4.72. The molecule has 1 saturated heterocycles. The van der Waals surface area contributed by atoms with Crippen molar-refractivity contribution < 1.29 is 32.2 Å². The first-order valence-electron chi connectivity index (χ1n) is 16.6. The standard InChI is InChI=1S/C36H46F4N4O3.3ClH/c1-5-44-33(20-29(41-44)17-24-9-11-31(12-10-24)47-36(38,39)40)25-13-15-43(16-14-25)22-27-19-30(42(4)34(23(2)3)35(45)46)21-32(27)26-7-6-8-28(37)18-26;;;/h6-12,18,20,23,25,27,30,32,34H,5,13-17,19,21-22H2,1-4H3,(H,45,46);3*1H/t27?,30?,32?,34-;;;/m1.../s1. The number of hydrogen-bond donors (Lipinski definition) is 1. The molecule has 2 fully saturated rings. The van der Waals surface area contributed by atoms with Crippen molar-refractivity contribution >= 4 is 43.2 Å². The molecule has 2 aromatic carbocycles. The number of carboxylic acid groups (broad SMARTS) is 1. The Morgan fingerprint density at radius 2 is 1.70 bits per heavy atom. The second-order valence-electron chi connectivity index (χ2n) is 13.6. The SMILES string of the molecule is CCn1nc(Cc2ccc(OC(F)(F)F)cc2)cc1C1CCN(CC2CC(N(C)[C@@H](C(=O)O)C(C)C)CC2c2cccc(F)c2)CC1.Cl.Cl.Cl. The summed E-state index contributed by atoms with van der Waals surface area (Å²) in [6, 6.07) is 14.5. The Balaban J connectivity index is 0.00000289. The molecule has 3 aromatic rings. The summed E-state index contributed by atoms with van der Waals surface area (Å²) in [5.41, 5.74) is 3.92. The van der Waals surface area contributed by atoms with E-state index in [4.69, 9.17) is 5.10 Å². The lowest BCUT2D eigenvalue weighted by Crippen LogP contribution is -2.47. The van der Waals surface area contributed by atoms with Crippen molar-refractivity contribution in [2.45, 2.75) is 89.7 Å². The van der Waals surface area contributed by atoms with Crippen LogP contribution in [0.25, 0.3) is 0 Å². The molecular weight excluding hydrogens is 719 g/mol. The highest BCUT2D eigenvalue weighted by molar-refractivity contribution is 5.86. The van der Waals surface area contributed by atoms with Crippen LogP contribution in [0.3, 0.4) is 0 Å². The normalized spacial score (nSPS) is 20.6. The number of likely N-dealkylation sites (N-methyl/N-ethyl adjacent to an activating group) is 1. The third-order valence-electron chi connectivity index (χ3n) is 10.0. The first-order valence-corrected chi connectivity index (χ1v) is 16.6. The van der Waals surface area contributed by atoms with Gasteiger partial charge in [-0.3, -0.25) is 14.4 Å². The maximum atomic E-state index is 14.3. The summed E-state index contributed by atoms with van der Waals surface area (Å²) in [4.78, 5) is 16.7. The second kappa shape index (κ2) is 18.8. The minimum Gasteiger partial charge on any atom is -0.480 e. The number of nitrogens with zero attached hydrogens (tertiary/aromatic N) is 4. The molecule has 4 atom stereocenters. The van der Waals surface area contributed by atoms with Gasteiger partial charge in [0.25, 0.3) is 0 Å². The van der Waals surface area contributed by atoms with E-state index in [1.807, 2.05) is 36.5 Å². The molecule has 1 aliphatic carbocycles. The van der Waals surface area contributed by atoms with E-state index in [1.54, 1.807) is 24.3 Å². The average Bonchev–Trinajstić information content (AvgIpc) is 3.62. The van der Waals surface area contributed by atoms with E-state index in [0.29, 0.717) is 12.3 Å². The van der Waals surface area contributed by atoms with Crippen LogP contribution in [0.1, 0.15) is 80.8 Å². The van der Waals surface area contributed by atoms with E-state index < -0.39 is 18.4 Å². The molecule has 3 unspecified atom stereocenters. The number of halogens is 7. The lowest BCUT2D eigenvalue weighted by Gasteiger charge is -2.35. The molecule has 1 aromatic heterocycles. The summed E-state index contributed by atoms with van der Waals surface area (Å²) in [7, 11) is 1.92. The Kier molecular flexibility index (Phi) is 16.4. The first-order chi connectivity index (χ1) is 22.3. The van der Waals surface area contributed by atoms with Crippen molar-refractivity contribution in [2.24, 2.45) is 11.8 Å². The first kappa shape index (κ1) is 43.6. The third-order valence-corrected chi connectivity index (χ3v) is 10.0. The lowest BCUT2D eigenvalue weighted by molar-refractivity contribution is -0.274. The summed E-state index contributed by atoms with van der Waals surface area (Å²) in [5.74, 6) is -0.548. The van der Waals surface area contributed by atoms with Gasteiger partial charge < -0.3 is 14.7 Å². The Hall–Kier alpha value is -2.57. The molecule has 1 N–H and O–H groups in total. The number of carbonyl (C=O) groups is 1. The van der Waals surface area contributed by atoms with Gasteiger partial charge in [0.15, 0.2) is 0 Å². The molecule has 1 aliphatic heterocycles. The van der Waals surface area contributed by atoms with Crippen LogP contribution >= 0.6 is 37.2 Å². The van der Waals surface area contributed by atoms with Gasteiger partial charge >= 0.3 is 12.3 Å². The molecule has 280 valence electrons. The topological polar surface area (TPSA) is 70.8 Å². The third kappa shape index (κ3) is 11.0. The fraction of sp³-hybridized carbons (Fsp3) is 0.556. The maximum Gasteiger partial charge on any atom is 0.573 e. The van der Waals surface area contributed by atoms with Crippen LogP contribution in [0, 0.1) is 17.7 Å². The fourth-order valence-electron chi connectivity index (χ4n) is 7.85. The van der Waals surface area contributed by atoms with Gasteiger partial charge in [-0.2, -0.15) is 5.10 Å². The number of ether oxygens (including phenoxy) is 1. The molecular formula is C36H49Cl3F4N4O3. The number of piperidine rings is 1. The Morgan fingerprint density at radius 1 is 1.04 bits per heavy atom. The molecule has 50 heavy (non-hydrogen) atoms.